The van der Waals surface area contributed by atoms with Gasteiger partial charge in [0.05, 0.1) is 4.90 Å². The summed E-state index contributed by atoms with van der Waals surface area (Å²) in [4.78, 5) is -0.0816. The van der Waals surface area contributed by atoms with Gasteiger partial charge in [0.25, 0.3) is 10.1 Å². The standard InChI is InChI=1S/C26H38O4S/c1-2-3-4-5-6-7-8-9-10-11-12-14-17-23-22-25(31(27,28)29)20-21-26(23)30-24-18-15-13-16-19-24/h13,15-16,18-22H,2-12,14,17H2,1H3,(H,27,28,29). The van der Waals surface area contributed by atoms with Crippen LogP contribution in [0, 0.1) is 0 Å². The molecule has 0 fully saturated rings. The van der Waals surface area contributed by atoms with Gasteiger partial charge in [0.2, 0.25) is 0 Å². The van der Waals surface area contributed by atoms with Gasteiger partial charge in [0.15, 0.2) is 0 Å². The Morgan fingerprint density at radius 3 is 1.84 bits per heavy atom. The second kappa shape index (κ2) is 14.3. The van der Waals surface area contributed by atoms with Crippen molar-refractivity contribution in [3.63, 3.8) is 0 Å². The number of para-hydroxylation sites is 1. The van der Waals surface area contributed by atoms with Gasteiger partial charge in [0.1, 0.15) is 11.5 Å². The molecule has 0 heterocycles. The molecule has 1 N–H and O–H groups in total. The summed E-state index contributed by atoms with van der Waals surface area (Å²) in [7, 11) is -4.23. The Bertz CT molecular complexity index is 847. The highest BCUT2D eigenvalue weighted by Crippen LogP contribution is 2.29. The Kier molecular flexibility index (Phi) is 11.7. The van der Waals surface area contributed by atoms with Gasteiger partial charge in [-0.25, -0.2) is 0 Å². The van der Waals surface area contributed by atoms with Gasteiger partial charge in [-0.15, -0.1) is 0 Å². The zero-order valence-electron chi connectivity index (χ0n) is 18.9. The van der Waals surface area contributed by atoms with Crippen LogP contribution in [0.1, 0.15) is 89.5 Å². The first-order valence-electron chi connectivity index (χ1n) is 11.8. The molecule has 0 radical (unpaired) electrons. The van der Waals surface area contributed by atoms with E-state index < -0.39 is 10.1 Å². The van der Waals surface area contributed by atoms with Gasteiger partial charge in [-0.3, -0.25) is 4.55 Å². The Labute approximate surface area is 188 Å². The van der Waals surface area contributed by atoms with Gasteiger partial charge in [-0.05, 0) is 48.7 Å². The summed E-state index contributed by atoms with van der Waals surface area (Å²) >= 11 is 0. The number of benzene rings is 2. The molecule has 0 atom stereocenters. The monoisotopic (exact) mass is 446 g/mol. The van der Waals surface area contributed by atoms with Gasteiger partial charge in [-0.2, -0.15) is 8.42 Å². The van der Waals surface area contributed by atoms with Crippen molar-refractivity contribution in [2.75, 3.05) is 0 Å². The molecule has 0 saturated heterocycles. The fraction of sp³-hybridized carbons (Fsp3) is 0.538. The molecule has 0 aliphatic carbocycles. The smallest absolute Gasteiger partial charge is 0.294 e. The molecule has 2 aromatic carbocycles. The van der Waals surface area contributed by atoms with E-state index in [-0.39, 0.29) is 4.90 Å². The zero-order chi connectivity index (χ0) is 22.4. The van der Waals surface area contributed by atoms with Crippen molar-refractivity contribution < 1.29 is 17.7 Å². The predicted octanol–water partition coefficient (Wildman–Crippen LogP) is 7.97. The molecule has 0 saturated carbocycles. The Balaban J connectivity index is 1.76. The van der Waals surface area contributed by atoms with E-state index in [0.29, 0.717) is 11.5 Å². The van der Waals surface area contributed by atoms with Crippen molar-refractivity contribution in [1.82, 2.24) is 0 Å². The van der Waals surface area contributed by atoms with Gasteiger partial charge >= 0.3 is 0 Å². The first-order chi connectivity index (χ1) is 15.0. The van der Waals surface area contributed by atoms with Crippen LogP contribution < -0.4 is 4.74 Å². The van der Waals surface area contributed by atoms with Crippen LogP contribution >= 0.6 is 0 Å². The second-order valence-corrected chi connectivity index (χ2v) is 9.72. The first kappa shape index (κ1) is 25.4. The molecule has 0 spiro atoms. The van der Waals surface area contributed by atoms with Crippen molar-refractivity contribution in [2.24, 2.45) is 0 Å². The van der Waals surface area contributed by atoms with Gasteiger partial charge in [0, 0.05) is 0 Å². The molecule has 4 nitrogen and oxygen atoms in total. The Hall–Kier alpha value is -1.85. The van der Waals surface area contributed by atoms with E-state index in [1.165, 1.54) is 76.3 Å². The third kappa shape index (κ3) is 10.3. The van der Waals surface area contributed by atoms with Crippen molar-refractivity contribution in [2.45, 2.75) is 95.3 Å². The maximum atomic E-state index is 11.5. The number of aryl methyl sites for hydroxylation is 1. The van der Waals surface area contributed by atoms with E-state index in [2.05, 4.69) is 6.92 Å². The molecule has 0 bridgehead atoms. The normalized spacial score (nSPS) is 11.5. The van der Waals surface area contributed by atoms with E-state index in [1.807, 2.05) is 30.3 Å². The van der Waals surface area contributed by atoms with Crippen molar-refractivity contribution in [1.29, 1.82) is 0 Å². The number of hydrogen-bond acceptors (Lipinski definition) is 3. The third-order valence-corrected chi connectivity index (χ3v) is 6.45. The van der Waals surface area contributed by atoms with E-state index >= 15 is 0 Å². The second-order valence-electron chi connectivity index (χ2n) is 8.30. The molecule has 31 heavy (non-hydrogen) atoms. The lowest BCUT2D eigenvalue weighted by Crippen LogP contribution is -2.01. The topological polar surface area (TPSA) is 63.6 Å². The summed E-state index contributed by atoms with van der Waals surface area (Å²) in [6.07, 6.45) is 16.0. The highest BCUT2D eigenvalue weighted by Gasteiger charge is 2.14. The van der Waals surface area contributed by atoms with Crippen LogP contribution in [-0.2, 0) is 16.5 Å². The maximum absolute atomic E-state index is 11.5. The van der Waals surface area contributed by atoms with Crippen LogP contribution in [0.3, 0.4) is 0 Å². The highest BCUT2D eigenvalue weighted by molar-refractivity contribution is 7.85. The highest BCUT2D eigenvalue weighted by atomic mass is 32.2. The maximum Gasteiger partial charge on any atom is 0.294 e. The SMILES string of the molecule is CCCCCCCCCCCCCCc1cc(S(=O)(=O)O)ccc1Oc1ccccc1. The predicted molar refractivity (Wildman–Crippen MR) is 128 cm³/mol. The van der Waals surface area contributed by atoms with E-state index in [4.69, 9.17) is 4.74 Å². The number of hydrogen-bond donors (Lipinski definition) is 1. The Morgan fingerprint density at radius 2 is 1.29 bits per heavy atom. The minimum absolute atomic E-state index is 0.0816. The van der Waals surface area contributed by atoms with E-state index in [9.17, 15) is 13.0 Å². The molecule has 5 heteroatoms. The van der Waals surface area contributed by atoms with Gasteiger partial charge in [-0.1, -0.05) is 95.8 Å². The summed E-state index contributed by atoms with van der Waals surface area (Å²) in [6, 6.07) is 14.0. The molecule has 0 unspecified atom stereocenters. The average Bonchev–Trinajstić information content (AvgIpc) is 2.75. The minimum atomic E-state index is -4.23. The summed E-state index contributed by atoms with van der Waals surface area (Å²) in [5.74, 6) is 1.35. The Morgan fingerprint density at radius 1 is 0.742 bits per heavy atom. The molecule has 172 valence electrons. The fourth-order valence-electron chi connectivity index (χ4n) is 3.78. The summed E-state index contributed by atoms with van der Waals surface area (Å²) < 4.78 is 38.4. The third-order valence-electron chi connectivity index (χ3n) is 5.60. The summed E-state index contributed by atoms with van der Waals surface area (Å²) in [5.41, 5.74) is 0.811. The molecular formula is C26H38O4S. The lowest BCUT2D eigenvalue weighted by Gasteiger charge is -2.12. The van der Waals surface area contributed by atoms with Gasteiger partial charge < -0.3 is 4.74 Å². The molecule has 0 aliphatic heterocycles. The lowest BCUT2D eigenvalue weighted by atomic mass is 10.0. The fourth-order valence-corrected chi connectivity index (χ4v) is 4.31. The number of ether oxygens (including phenoxy) is 1. The number of unbranched alkanes of at least 4 members (excludes halogenated alkanes) is 11. The quantitative estimate of drug-likeness (QED) is 0.210. The van der Waals surface area contributed by atoms with Crippen LogP contribution in [0.4, 0.5) is 0 Å². The largest absolute Gasteiger partial charge is 0.457 e. The molecule has 0 amide bonds. The van der Waals surface area contributed by atoms with Crippen LogP contribution in [-0.4, -0.2) is 13.0 Å². The summed E-state index contributed by atoms with van der Waals surface area (Å²) in [6.45, 7) is 2.25. The lowest BCUT2D eigenvalue weighted by molar-refractivity contribution is 0.470. The molecular weight excluding hydrogens is 408 g/mol. The minimum Gasteiger partial charge on any atom is -0.457 e. The summed E-state index contributed by atoms with van der Waals surface area (Å²) in [5, 5.41) is 0. The van der Waals surface area contributed by atoms with Crippen LogP contribution in [0.15, 0.2) is 53.4 Å². The van der Waals surface area contributed by atoms with Crippen molar-refractivity contribution >= 4 is 10.1 Å². The molecule has 2 rings (SSSR count). The van der Waals surface area contributed by atoms with E-state index in [1.54, 1.807) is 6.07 Å². The molecule has 2 aromatic rings. The van der Waals surface area contributed by atoms with Crippen LogP contribution in [0.2, 0.25) is 0 Å². The van der Waals surface area contributed by atoms with Crippen molar-refractivity contribution in [3.05, 3.63) is 54.1 Å². The van der Waals surface area contributed by atoms with Crippen LogP contribution in [0.5, 0.6) is 11.5 Å². The van der Waals surface area contributed by atoms with E-state index in [0.717, 1.165) is 24.8 Å². The van der Waals surface area contributed by atoms with Crippen molar-refractivity contribution in [3.8, 4) is 11.5 Å². The zero-order valence-corrected chi connectivity index (χ0v) is 19.7. The molecule has 0 aromatic heterocycles. The number of rotatable bonds is 16. The van der Waals surface area contributed by atoms with Crippen LogP contribution in [0.25, 0.3) is 0 Å². The molecule has 0 aliphatic rings. The first-order valence-corrected chi connectivity index (χ1v) is 13.3. The average molecular weight is 447 g/mol.